The third kappa shape index (κ3) is 10.1. The molecule has 3 nitrogen and oxygen atoms in total. The quantitative estimate of drug-likeness (QED) is 0.153. The molecule has 40 heavy (non-hydrogen) atoms. The minimum absolute atomic E-state index is 0.420. The maximum atomic E-state index is 10.6. The Hall–Kier alpha value is -1.41. The second kappa shape index (κ2) is 18.2. The van der Waals surface area contributed by atoms with Crippen LogP contribution in [0.15, 0.2) is 48.5 Å². The summed E-state index contributed by atoms with van der Waals surface area (Å²) in [5, 5.41) is 0. The topological polar surface area (TPSA) is 46.5 Å². The number of hydrogen-bond donors (Lipinski definition) is 1. The summed E-state index contributed by atoms with van der Waals surface area (Å²) in [6.07, 6.45) is 26.1. The van der Waals surface area contributed by atoms with Gasteiger partial charge in [-0.25, -0.2) is 0 Å². The van der Waals surface area contributed by atoms with E-state index in [4.69, 9.17) is 9.42 Å². The molecule has 1 N–H and O–H groups in total. The van der Waals surface area contributed by atoms with E-state index in [-0.39, 0.29) is 0 Å². The van der Waals surface area contributed by atoms with Gasteiger partial charge in [-0.2, -0.15) is 0 Å². The van der Waals surface area contributed by atoms with Gasteiger partial charge in [-0.1, -0.05) is 138 Å². The monoisotopic (exact) mass is 566 g/mol. The first-order chi connectivity index (χ1) is 19.7. The normalized spacial score (nSPS) is 17.9. The summed E-state index contributed by atoms with van der Waals surface area (Å²) in [7, 11) is -2.75. The first kappa shape index (κ1) is 31.5. The fourth-order valence-electron chi connectivity index (χ4n) is 7.55. The maximum Gasteiger partial charge on any atom is 0.316 e. The van der Waals surface area contributed by atoms with Crippen LogP contribution in [-0.2, 0) is 9.09 Å². The summed E-state index contributed by atoms with van der Waals surface area (Å²) in [6.45, 7) is 0.420. The molecule has 0 amide bonds. The largest absolute Gasteiger partial charge is 0.326 e. The molecule has 1 unspecified atom stereocenters. The zero-order chi connectivity index (χ0) is 27.8. The highest BCUT2D eigenvalue weighted by Crippen LogP contribution is 2.44. The molecule has 0 saturated heterocycles. The summed E-state index contributed by atoms with van der Waals surface area (Å²) in [5.41, 5.74) is 6.58. The van der Waals surface area contributed by atoms with E-state index in [0.717, 1.165) is 24.7 Å². The highest BCUT2D eigenvalue weighted by atomic mass is 31.1. The van der Waals surface area contributed by atoms with Crippen molar-refractivity contribution >= 4 is 8.25 Å². The van der Waals surface area contributed by atoms with E-state index in [2.05, 4.69) is 48.5 Å². The van der Waals surface area contributed by atoms with E-state index in [1.54, 1.807) is 22.3 Å². The molecule has 2 aliphatic rings. The van der Waals surface area contributed by atoms with Crippen LogP contribution in [0.4, 0.5) is 0 Å². The van der Waals surface area contributed by atoms with Gasteiger partial charge in [0, 0.05) is 5.92 Å². The lowest BCUT2D eigenvalue weighted by atomic mass is 9.73. The molecular formula is C36H55O3P. The molecule has 0 aliphatic heterocycles. The number of rotatable bonds is 17. The SMILES string of the molecule is O=[PH](O)OCCCCCCCCCCCC(c1ccccc1C1CCCCC1)c1ccccc1C1CCCCC1. The predicted molar refractivity (Wildman–Crippen MR) is 170 cm³/mol. The van der Waals surface area contributed by atoms with Crippen LogP contribution in [0.5, 0.6) is 0 Å². The van der Waals surface area contributed by atoms with Gasteiger partial charge in [0.1, 0.15) is 0 Å². The molecule has 0 aromatic heterocycles. The summed E-state index contributed by atoms with van der Waals surface area (Å²) < 4.78 is 15.4. The van der Waals surface area contributed by atoms with Crippen molar-refractivity contribution in [2.45, 2.75) is 146 Å². The van der Waals surface area contributed by atoms with E-state index >= 15 is 0 Å². The van der Waals surface area contributed by atoms with Gasteiger partial charge in [0.15, 0.2) is 0 Å². The highest BCUT2D eigenvalue weighted by molar-refractivity contribution is 7.32. The number of benzene rings is 2. The van der Waals surface area contributed by atoms with Gasteiger partial charge in [0.25, 0.3) is 0 Å². The Morgan fingerprint density at radius 2 is 1.05 bits per heavy atom. The number of hydrogen-bond acceptors (Lipinski definition) is 2. The van der Waals surface area contributed by atoms with Crippen LogP contribution < -0.4 is 0 Å². The smallest absolute Gasteiger partial charge is 0.316 e. The lowest BCUT2D eigenvalue weighted by Crippen LogP contribution is -2.14. The summed E-state index contributed by atoms with van der Waals surface area (Å²) >= 11 is 0. The molecule has 4 rings (SSSR count). The minimum Gasteiger partial charge on any atom is -0.326 e. The molecule has 2 aromatic carbocycles. The molecule has 222 valence electrons. The predicted octanol–water partition coefficient (Wildman–Crippen LogP) is 11.2. The van der Waals surface area contributed by atoms with Crippen molar-refractivity contribution in [1.82, 2.24) is 0 Å². The Bertz CT molecular complexity index is 932. The van der Waals surface area contributed by atoms with Gasteiger partial charge < -0.3 is 9.42 Å². The van der Waals surface area contributed by atoms with Crippen molar-refractivity contribution in [1.29, 1.82) is 0 Å². The molecular weight excluding hydrogens is 511 g/mol. The van der Waals surface area contributed by atoms with Crippen LogP contribution in [0.25, 0.3) is 0 Å². The summed E-state index contributed by atoms with van der Waals surface area (Å²) in [5.74, 6) is 2.01. The van der Waals surface area contributed by atoms with Crippen molar-refractivity contribution in [3.63, 3.8) is 0 Å². The van der Waals surface area contributed by atoms with Crippen LogP contribution >= 0.6 is 8.25 Å². The van der Waals surface area contributed by atoms with E-state index < -0.39 is 8.25 Å². The molecule has 2 saturated carbocycles. The molecule has 0 bridgehead atoms. The molecule has 0 radical (unpaired) electrons. The average Bonchev–Trinajstić information content (AvgIpc) is 3.00. The highest BCUT2D eigenvalue weighted by Gasteiger charge is 2.27. The van der Waals surface area contributed by atoms with E-state index in [0.29, 0.717) is 12.5 Å². The van der Waals surface area contributed by atoms with Gasteiger partial charge in [0.2, 0.25) is 0 Å². The Balaban J connectivity index is 1.36. The van der Waals surface area contributed by atoms with Crippen LogP contribution in [0.1, 0.15) is 168 Å². The Kier molecular flexibility index (Phi) is 14.3. The van der Waals surface area contributed by atoms with Gasteiger partial charge >= 0.3 is 8.25 Å². The van der Waals surface area contributed by atoms with Crippen LogP contribution in [0.2, 0.25) is 0 Å². The second-order valence-corrected chi connectivity index (χ2v) is 13.4. The molecule has 2 aromatic rings. The molecule has 1 atom stereocenters. The van der Waals surface area contributed by atoms with Crippen molar-refractivity contribution in [3.05, 3.63) is 70.8 Å². The third-order valence-corrected chi connectivity index (χ3v) is 10.1. The Morgan fingerprint density at radius 1 is 0.625 bits per heavy atom. The summed E-state index contributed by atoms with van der Waals surface area (Å²) in [6, 6.07) is 19.1. The van der Waals surface area contributed by atoms with Gasteiger partial charge in [0.05, 0.1) is 6.61 Å². The maximum absolute atomic E-state index is 10.6. The van der Waals surface area contributed by atoms with Crippen molar-refractivity contribution in [2.75, 3.05) is 6.61 Å². The van der Waals surface area contributed by atoms with Crippen molar-refractivity contribution in [2.24, 2.45) is 0 Å². The van der Waals surface area contributed by atoms with Crippen molar-refractivity contribution < 1.29 is 14.0 Å². The van der Waals surface area contributed by atoms with Crippen molar-refractivity contribution in [3.8, 4) is 0 Å². The molecule has 2 aliphatic carbocycles. The van der Waals surface area contributed by atoms with Gasteiger partial charge in [-0.15, -0.1) is 0 Å². The molecule has 0 heterocycles. The zero-order valence-corrected chi connectivity index (χ0v) is 26.0. The molecule has 0 spiro atoms. The third-order valence-electron chi connectivity index (χ3n) is 9.70. The average molecular weight is 567 g/mol. The Morgan fingerprint density at radius 3 is 1.52 bits per heavy atom. The lowest BCUT2D eigenvalue weighted by molar-refractivity contribution is 0.273. The first-order valence-electron chi connectivity index (χ1n) is 16.8. The zero-order valence-electron chi connectivity index (χ0n) is 25.0. The van der Waals surface area contributed by atoms with Crippen LogP contribution in [0.3, 0.4) is 0 Å². The van der Waals surface area contributed by atoms with E-state index in [1.807, 2.05) is 0 Å². The fourth-order valence-corrected chi connectivity index (χ4v) is 7.87. The van der Waals surface area contributed by atoms with E-state index in [1.165, 1.54) is 116 Å². The molecule has 2 fully saturated rings. The number of unbranched alkanes of at least 4 members (excludes halogenated alkanes) is 8. The first-order valence-corrected chi connectivity index (χ1v) is 18.0. The molecule has 4 heteroatoms. The van der Waals surface area contributed by atoms with Crippen LogP contribution in [0, 0.1) is 0 Å². The minimum atomic E-state index is -2.75. The van der Waals surface area contributed by atoms with Gasteiger partial charge in [-0.05, 0) is 72.6 Å². The van der Waals surface area contributed by atoms with E-state index in [9.17, 15) is 4.57 Å². The Labute approximate surface area is 245 Å². The second-order valence-electron chi connectivity index (χ2n) is 12.6. The fraction of sp³-hybridized carbons (Fsp3) is 0.667. The lowest BCUT2D eigenvalue weighted by Gasteiger charge is -2.31. The summed E-state index contributed by atoms with van der Waals surface area (Å²) in [4.78, 5) is 8.73. The van der Waals surface area contributed by atoms with Gasteiger partial charge in [-0.3, -0.25) is 4.57 Å². The standard InChI is InChI=1S/C36H55O3P/c37-40(38)39-29-19-7-5-3-1-2-4-6-14-26-36(34-27-17-15-24-32(34)30-20-10-8-11-21-30)35-28-18-16-25-33(35)31-22-12-9-13-23-31/h15-18,24-25,27-28,30-31,36,40H,1-14,19-23,26,29H2,(H,37,38). The van der Waals surface area contributed by atoms with Crippen LogP contribution in [-0.4, -0.2) is 11.5 Å².